The van der Waals surface area contributed by atoms with E-state index < -0.39 is 0 Å². The Labute approximate surface area is 143 Å². The van der Waals surface area contributed by atoms with Gasteiger partial charge in [-0.15, -0.1) is 5.10 Å². The van der Waals surface area contributed by atoms with E-state index in [0.29, 0.717) is 11.8 Å². The van der Waals surface area contributed by atoms with Gasteiger partial charge in [-0.3, -0.25) is 0 Å². The summed E-state index contributed by atoms with van der Waals surface area (Å²) in [6.45, 7) is 9.10. The molecule has 0 aliphatic heterocycles. The number of hydrogen-bond acceptors (Lipinski definition) is 3. The van der Waals surface area contributed by atoms with Gasteiger partial charge in [0.1, 0.15) is 5.66 Å². The molecule has 2 atom stereocenters. The van der Waals surface area contributed by atoms with Gasteiger partial charge in [0.15, 0.2) is 0 Å². The average Bonchev–Trinajstić information content (AvgIpc) is 3.10. The van der Waals surface area contributed by atoms with Gasteiger partial charge in [0.2, 0.25) is 0 Å². The van der Waals surface area contributed by atoms with E-state index in [-0.39, 0.29) is 5.66 Å². The minimum Gasteiger partial charge on any atom is -0.307 e. The molecule has 0 bridgehead atoms. The van der Waals surface area contributed by atoms with Crippen molar-refractivity contribution in [2.24, 2.45) is 17.6 Å². The number of unbranched alkanes of at least 4 members (excludes halogenated alkanes) is 2. The van der Waals surface area contributed by atoms with E-state index in [9.17, 15) is 0 Å². The van der Waals surface area contributed by atoms with Crippen molar-refractivity contribution < 1.29 is 0 Å². The van der Waals surface area contributed by atoms with E-state index in [1.807, 2.05) is 10.9 Å². The summed E-state index contributed by atoms with van der Waals surface area (Å²) in [7, 11) is 0. The van der Waals surface area contributed by atoms with Crippen molar-refractivity contribution in [3.8, 4) is 0 Å². The van der Waals surface area contributed by atoms with Crippen molar-refractivity contribution in [2.75, 3.05) is 0 Å². The third-order valence-corrected chi connectivity index (χ3v) is 5.25. The van der Waals surface area contributed by atoms with E-state index in [1.54, 1.807) is 6.20 Å². The highest BCUT2D eigenvalue weighted by Gasteiger charge is 2.33. The first-order valence-electron chi connectivity index (χ1n) is 9.75. The van der Waals surface area contributed by atoms with Crippen LogP contribution in [0.15, 0.2) is 12.4 Å². The monoisotopic (exact) mass is 322 g/mol. The number of hydrogen-bond donors (Lipinski definition) is 1. The lowest BCUT2D eigenvalue weighted by Crippen LogP contribution is -2.46. The third kappa shape index (κ3) is 6.62. The summed E-state index contributed by atoms with van der Waals surface area (Å²) in [5, 5.41) is 8.28. The highest BCUT2D eigenvalue weighted by molar-refractivity contribution is 4.86. The summed E-state index contributed by atoms with van der Waals surface area (Å²) in [6.07, 6.45) is 15.7. The Bertz CT molecular complexity index is 370. The van der Waals surface area contributed by atoms with Crippen LogP contribution in [0.3, 0.4) is 0 Å². The smallest absolute Gasteiger partial charge is 0.112 e. The van der Waals surface area contributed by atoms with Crippen LogP contribution >= 0.6 is 0 Å². The molecule has 0 aliphatic rings. The molecule has 2 unspecified atom stereocenters. The lowest BCUT2D eigenvalue weighted by Gasteiger charge is -2.36. The molecular weight excluding hydrogens is 284 g/mol. The second-order valence-corrected chi connectivity index (χ2v) is 7.19. The molecule has 134 valence electrons. The van der Waals surface area contributed by atoms with Gasteiger partial charge in [-0.05, 0) is 24.7 Å². The topological polar surface area (TPSA) is 56.7 Å². The first-order chi connectivity index (χ1) is 11.1. The molecule has 0 spiro atoms. The van der Waals surface area contributed by atoms with Crippen LogP contribution in [-0.2, 0) is 5.66 Å². The van der Waals surface area contributed by atoms with Crippen molar-refractivity contribution in [2.45, 2.75) is 97.6 Å². The molecule has 0 radical (unpaired) electrons. The van der Waals surface area contributed by atoms with Crippen LogP contribution < -0.4 is 5.73 Å². The zero-order valence-electron chi connectivity index (χ0n) is 15.8. The number of nitrogens with zero attached hydrogens (tertiary/aromatic N) is 3. The fourth-order valence-corrected chi connectivity index (χ4v) is 3.60. The van der Waals surface area contributed by atoms with Gasteiger partial charge in [0, 0.05) is 6.20 Å². The first kappa shape index (κ1) is 20.1. The van der Waals surface area contributed by atoms with E-state index in [1.165, 1.54) is 51.4 Å². The predicted octanol–water partition coefficient (Wildman–Crippen LogP) is 5.10. The number of nitrogens with two attached hydrogens (primary N) is 1. The second kappa shape index (κ2) is 10.8. The summed E-state index contributed by atoms with van der Waals surface area (Å²) in [6, 6.07) is 0. The zero-order chi connectivity index (χ0) is 17.1. The van der Waals surface area contributed by atoms with E-state index >= 15 is 0 Å². The maximum Gasteiger partial charge on any atom is 0.112 e. The minimum atomic E-state index is -0.390. The summed E-state index contributed by atoms with van der Waals surface area (Å²) < 4.78 is 1.93. The molecule has 1 heterocycles. The van der Waals surface area contributed by atoms with Gasteiger partial charge >= 0.3 is 0 Å². The Morgan fingerprint density at radius 3 is 1.83 bits per heavy atom. The molecule has 0 aliphatic carbocycles. The molecule has 2 N–H and O–H groups in total. The molecule has 0 saturated carbocycles. The molecule has 4 nitrogen and oxygen atoms in total. The Morgan fingerprint density at radius 1 is 0.957 bits per heavy atom. The van der Waals surface area contributed by atoms with Crippen LogP contribution in [0.5, 0.6) is 0 Å². The van der Waals surface area contributed by atoms with E-state index in [0.717, 1.165) is 12.8 Å². The molecule has 0 fully saturated rings. The maximum absolute atomic E-state index is 6.92. The second-order valence-electron chi connectivity index (χ2n) is 7.19. The molecule has 1 aromatic rings. The van der Waals surface area contributed by atoms with Crippen LogP contribution in [-0.4, -0.2) is 15.0 Å². The van der Waals surface area contributed by atoms with Crippen LogP contribution in [0.2, 0.25) is 0 Å². The zero-order valence-corrected chi connectivity index (χ0v) is 15.8. The van der Waals surface area contributed by atoms with Crippen molar-refractivity contribution in [1.29, 1.82) is 0 Å². The summed E-state index contributed by atoms with van der Waals surface area (Å²) in [5.41, 5.74) is 6.53. The van der Waals surface area contributed by atoms with Crippen LogP contribution in [0.1, 0.15) is 91.9 Å². The lowest BCUT2D eigenvalue weighted by molar-refractivity contribution is 0.140. The van der Waals surface area contributed by atoms with Crippen molar-refractivity contribution in [3.05, 3.63) is 12.4 Å². The van der Waals surface area contributed by atoms with Gasteiger partial charge in [0.05, 0.1) is 6.20 Å². The molecule has 0 aromatic carbocycles. The van der Waals surface area contributed by atoms with Crippen LogP contribution in [0, 0.1) is 11.8 Å². The molecule has 0 saturated heterocycles. The van der Waals surface area contributed by atoms with Crippen molar-refractivity contribution >= 4 is 0 Å². The maximum atomic E-state index is 6.92. The summed E-state index contributed by atoms with van der Waals surface area (Å²) >= 11 is 0. The Morgan fingerprint density at radius 2 is 1.48 bits per heavy atom. The van der Waals surface area contributed by atoms with Crippen LogP contribution in [0.4, 0.5) is 0 Å². The molecule has 4 heteroatoms. The Kier molecular flexibility index (Phi) is 9.46. The quantitative estimate of drug-likeness (QED) is 0.549. The fourth-order valence-electron chi connectivity index (χ4n) is 3.60. The van der Waals surface area contributed by atoms with E-state index in [4.69, 9.17) is 5.73 Å². The highest BCUT2D eigenvalue weighted by atomic mass is 15.5. The fraction of sp³-hybridized carbons (Fsp3) is 0.895. The normalized spacial score (nSPS) is 16.9. The molecule has 1 rings (SSSR count). The van der Waals surface area contributed by atoms with Crippen molar-refractivity contribution in [1.82, 2.24) is 15.0 Å². The molecule has 0 amide bonds. The Balaban J connectivity index is 2.84. The van der Waals surface area contributed by atoms with Gasteiger partial charge in [-0.25, -0.2) is 4.68 Å². The van der Waals surface area contributed by atoms with Gasteiger partial charge < -0.3 is 5.73 Å². The van der Waals surface area contributed by atoms with Crippen LogP contribution in [0.25, 0.3) is 0 Å². The number of rotatable bonds is 13. The predicted molar refractivity (Wildman–Crippen MR) is 98.0 cm³/mol. The van der Waals surface area contributed by atoms with Crippen molar-refractivity contribution in [3.63, 3.8) is 0 Å². The lowest BCUT2D eigenvalue weighted by atomic mass is 9.82. The minimum absolute atomic E-state index is 0.390. The molecule has 1 aromatic heterocycles. The SMILES string of the molecule is CCCCC(CC)CC(N)(CC(CC)CCCC)n1ccnn1. The Hall–Kier alpha value is -0.900. The standard InChI is InChI=1S/C19H38N4/c1-5-9-11-17(7-3)15-19(20,23-14-13-21-22-23)16-18(8-4)12-10-6-2/h13-14,17-18H,5-12,15-16,20H2,1-4H3. The number of aromatic nitrogens is 3. The van der Waals surface area contributed by atoms with Gasteiger partial charge in [-0.2, -0.15) is 0 Å². The van der Waals surface area contributed by atoms with E-state index in [2.05, 4.69) is 38.0 Å². The van der Waals surface area contributed by atoms with Gasteiger partial charge in [0.25, 0.3) is 0 Å². The summed E-state index contributed by atoms with van der Waals surface area (Å²) in [4.78, 5) is 0. The van der Waals surface area contributed by atoms with Gasteiger partial charge in [-0.1, -0.05) is 84.3 Å². The summed E-state index contributed by atoms with van der Waals surface area (Å²) in [5.74, 6) is 1.35. The largest absolute Gasteiger partial charge is 0.307 e. The average molecular weight is 323 g/mol. The molecular formula is C19H38N4. The molecule has 23 heavy (non-hydrogen) atoms. The third-order valence-electron chi connectivity index (χ3n) is 5.25. The highest BCUT2D eigenvalue weighted by Crippen LogP contribution is 2.33. The first-order valence-corrected chi connectivity index (χ1v) is 9.75.